The van der Waals surface area contributed by atoms with Crippen molar-refractivity contribution in [2.24, 2.45) is 0 Å². The number of hydrogen-bond acceptors (Lipinski definition) is 5. The number of hydrogen-bond donors (Lipinski definition) is 3. The highest BCUT2D eigenvalue weighted by Crippen LogP contribution is 2.49. The fourth-order valence-electron chi connectivity index (χ4n) is 3.62. The Balaban J connectivity index is 1.62. The topological polar surface area (TPSA) is 83.3 Å². The smallest absolute Gasteiger partial charge is 0.258 e. The fraction of sp³-hybridized carbons (Fsp3) is 0.286. The SMILES string of the molecule is CN1C(=O)C(C(=S)Nc2ccccc2)=C(NCc2ccnc(N)c2)CC12CC2. The lowest BCUT2D eigenvalue weighted by molar-refractivity contribution is -0.129. The van der Waals surface area contributed by atoms with Gasteiger partial charge in [0.1, 0.15) is 10.8 Å². The highest BCUT2D eigenvalue weighted by Gasteiger charge is 2.53. The zero-order chi connectivity index (χ0) is 19.7. The first-order valence-electron chi connectivity index (χ1n) is 9.30. The third kappa shape index (κ3) is 3.57. The van der Waals surface area contributed by atoms with Crippen LogP contribution >= 0.6 is 12.2 Å². The van der Waals surface area contributed by atoms with Gasteiger partial charge in [-0.2, -0.15) is 0 Å². The second-order valence-electron chi connectivity index (χ2n) is 7.38. The summed E-state index contributed by atoms with van der Waals surface area (Å²) < 4.78 is 0. The molecular weight excluding hydrogens is 370 g/mol. The largest absolute Gasteiger partial charge is 0.384 e. The number of carbonyl (C=O) groups excluding carboxylic acids is 1. The Labute approximate surface area is 169 Å². The number of para-hydroxylation sites is 1. The molecule has 1 aromatic carbocycles. The van der Waals surface area contributed by atoms with Crippen molar-refractivity contribution >= 4 is 34.6 Å². The van der Waals surface area contributed by atoms with E-state index in [1.165, 1.54) is 0 Å². The highest BCUT2D eigenvalue weighted by molar-refractivity contribution is 7.81. The molecule has 1 aliphatic carbocycles. The molecule has 1 spiro atoms. The monoisotopic (exact) mass is 393 g/mol. The van der Waals surface area contributed by atoms with Crippen LogP contribution in [0.1, 0.15) is 24.8 Å². The number of nitrogen functional groups attached to an aromatic ring is 1. The molecular formula is C21H23N5OS. The summed E-state index contributed by atoms with van der Waals surface area (Å²) in [6.45, 7) is 0.562. The van der Waals surface area contributed by atoms with Gasteiger partial charge in [-0.1, -0.05) is 30.4 Å². The van der Waals surface area contributed by atoms with Gasteiger partial charge >= 0.3 is 0 Å². The van der Waals surface area contributed by atoms with Crippen LogP contribution in [0.4, 0.5) is 11.5 Å². The molecule has 144 valence electrons. The molecule has 0 atom stereocenters. The number of pyridine rings is 1. The van der Waals surface area contributed by atoms with Crippen LogP contribution < -0.4 is 16.4 Å². The molecule has 0 unspecified atom stereocenters. The molecule has 2 aliphatic rings. The summed E-state index contributed by atoms with van der Waals surface area (Å²) in [6.07, 6.45) is 4.51. The van der Waals surface area contributed by atoms with Crippen molar-refractivity contribution in [3.05, 3.63) is 65.5 Å². The molecule has 0 saturated heterocycles. The average molecular weight is 394 g/mol. The van der Waals surface area contributed by atoms with Gasteiger partial charge in [0.05, 0.1) is 5.57 Å². The molecule has 0 bridgehead atoms. The lowest BCUT2D eigenvalue weighted by Gasteiger charge is -2.36. The van der Waals surface area contributed by atoms with E-state index >= 15 is 0 Å². The number of amides is 1. The summed E-state index contributed by atoms with van der Waals surface area (Å²) in [4.78, 5) is 19.5. The van der Waals surface area contributed by atoms with E-state index in [9.17, 15) is 4.79 Å². The maximum Gasteiger partial charge on any atom is 0.258 e. The first-order valence-corrected chi connectivity index (χ1v) is 9.71. The number of nitrogens with two attached hydrogens (primary N) is 1. The van der Waals surface area contributed by atoms with Gasteiger partial charge in [0.25, 0.3) is 5.91 Å². The summed E-state index contributed by atoms with van der Waals surface area (Å²) in [5.41, 5.74) is 9.02. The number of nitrogens with zero attached hydrogens (tertiary/aromatic N) is 2. The maximum atomic E-state index is 13.2. The predicted octanol–water partition coefficient (Wildman–Crippen LogP) is 2.84. The van der Waals surface area contributed by atoms with E-state index in [0.717, 1.165) is 36.2 Å². The van der Waals surface area contributed by atoms with E-state index in [1.54, 1.807) is 6.20 Å². The van der Waals surface area contributed by atoms with Crippen molar-refractivity contribution in [1.29, 1.82) is 0 Å². The second kappa shape index (κ2) is 7.24. The molecule has 1 saturated carbocycles. The Morgan fingerprint density at radius 1 is 1.29 bits per heavy atom. The normalized spacial score (nSPS) is 17.6. The molecule has 2 aromatic rings. The number of rotatable bonds is 5. The van der Waals surface area contributed by atoms with E-state index < -0.39 is 0 Å². The summed E-state index contributed by atoms with van der Waals surface area (Å²) >= 11 is 5.62. The van der Waals surface area contributed by atoms with Crippen molar-refractivity contribution in [3.63, 3.8) is 0 Å². The fourth-order valence-corrected chi connectivity index (χ4v) is 3.95. The Morgan fingerprint density at radius 3 is 2.71 bits per heavy atom. The lowest BCUT2D eigenvalue weighted by atomic mass is 9.96. The number of anilines is 2. The van der Waals surface area contributed by atoms with E-state index in [2.05, 4.69) is 15.6 Å². The Kier molecular flexibility index (Phi) is 4.77. The van der Waals surface area contributed by atoms with Crippen LogP contribution in [0.3, 0.4) is 0 Å². The Morgan fingerprint density at radius 2 is 2.04 bits per heavy atom. The molecule has 4 rings (SSSR count). The van der Waals surface area contributed by atoms with Crippen LogP contribution in [-0.2, 0) is 11.3 Å². The van der Waals surface area contributed by atoms with Crippen molar-refractivity contribution in [2.75, 3.05) is 18.1 Å². The predicted molar refractivity (Wildman–Crippen MR) is 115 cm³/mol. The van der Waals surface area contributed by atoms with Gasteiger partial charge in [-0.25, -0.2) is 4.98 Å². The number of aromatic nitrogens is 1. The van der Waals surface area contributed by atoms with Gasteiger partial charge in [0, 0.05) is 43.1 Å². The minimum atomic E-state index is -0.0669. The van der Waals surface area contributed by atoms with Gasteiger partial charge in [-0.05, 0) is 42.7 Å². The number of nitrogens with one attached hydrogen (secondary N) is 2. The van der Waals surface area contributed by atoms with Gasteiger partial charge in [-0.15, -0.1) is 0 Å². The molecule has 1 amide bonds. The summed E-state index contributed by atoms with van der Waals surface area (Å²) in [5.74, 6) is 0.446. The molecule has 4 N–H and O–H groups in total. The number of thiocarbonyl (C=S) groups is 1. The lowest BCUT2D eigenvalue weighted by Crippen LogP contribution is -2.48. The maximum absolute atomic E-state index is 13.2. The second-order valence-corrected chi connectivity index (χ2v) is 7.79. The van der Waals surface area contributed by atoms with Gasteiger partial charge in [0.2, 0.25) is 0 Å². The molecule has 28 heavy (non-hydrogen) atoms. The molecule has 7 heteroatoms. The van der Waals surface area contributed by atoms with E-state index in [-0.39, 0.29) is 11.4 Å². The van der Waals surface area contributed by atoms with Crippen molar-refractivity contribution in [2.45, 2.75) is 31.3 Å². The standard InChI is InChI=1S/C21H23N5OS/c1-26-20(27)18(19(28)25-15-5-3-2-4-6-15)16(12-21(26)8-9-21)24-13-14-7-10-23-17(22)11-14/h2-7,10-11,24H,8-9,12-13H2,1H3,(H2,22,23)(H,25,28). The van der Waals surface area contributed by atoms with Crippen LogP contribution in [-0.4, -0.2) is 33.4 Å². The van der Waals surface area contributed by atoms with Crippen molar-refractivity contribution in [3.8, 4) is 0 Å². The summed E-state index contributed by atoms with van der Waals surface area (Å²) in [7, 11) is 1.88. The zero-order valence-electron chi connectivity index (χ0n) is 15.7. The number of benzene rings is 1. The van der Waals surface area contributed by atoms with Crippen LogP contribution in [0, 0.1) is 0 Å². The van der Waals surface area contributed by atoms with Gasteiger partial charge in [0.15, 0.2) is 0 Å². The number of carbonyl (C=O) groups is 1. The van der Waals surface area contributed by atoms with Crippen LogP contribution in [0.15, 0.2) is 59.9 Å². The van der Waals surface area contributed by atoms with E-state index in [4.69, 9.17) is 18.0 Å². The van der Waals surface area contributed by atoms with Crippen LogP contribution in [0.25, 0.3) is 0 Å². The Hall–Kier alpha value is -2.93. The van der Waals surface area contributed by atoms with Gasteiger partial charge in [-0.3, -0.25) is 4.79 Å². The molecule has 6 nitrogen and oxygen atoms in total. The van der Waals surface area contributed by atoms with Crippen molar-refractivity contribution in [1.82, 2.24) is 15.2 Å². The first kappa shape index (κ1) is 18.4. The molecule has 0 radical (unpaired) electrons. The molecule has 1 fully saturated rings. The molecule has 2 heterocycles. The Bertz CT molecular complexity index is 952. The minimum absolute atomic E-state index is 0.0334. The first-order chi connectivity index (χ1) is 13.5. The summed E-state index contributed by atoms with van der Waals surface area (Å²) in [6, 6.07) is 13.4. The third-order valence-corrected chi connectivity index (χ3v) is 5.78. The number of likely N-dealkylation sites (N-methyl/N-ethyl adjacent to an activating group) is 1. The van der Waals surface area contributed by atoms with Gasteiger partial charge < -0.3 is 21.3 Å². The zero-order valence-corrected chi connectivity index (χ0v) is 16.6. The quantitative estimate of drug-likeness (QED) is 0.678. The third-order valence-electron chi connectivity index (χ3n) is 5.47. The molecule has 1 aliphatic heterocycles. The minimum Gasteiger partial charge on any atom is -0.384 e. The summed E-state index contributed by atoms with van der Waals surface area (Å²) in [5, 5.41) is 6.65. The van der Waals surface area contributed by atoms with E-state index in [0.29, 0.717) is 22.9 Å². The molecule has 1 aromatic heterocycles. The average Bonchev–Trinajstić information content (AvgIpc) is 3.46. The van der Waals surface area contributed by atoms with E-state index in [1.807, 2.05) is 54.4 Å². The van der Waals surface area contributed by atoms with Crippen LogP contribution in [0.2, 0.25) is 0 Å². The van der Waals surface area contributed by atoms with Crippen LogP contribution in [0.5, 0.6) is 0 Å². The van der Waals surface area contributed by atoms with Crippen molar-refractivity contribution < 1.29 is 4.79 Å². The highest BCUT2D eigenvalue weighted by atomic mass is 32.1.